The topological polar surface area (TPSA) is 68.0 Å². The van der Waals surface area contributed by atoms with Crippen LogP contribution in [-0.2, 0) is 16.8 Å². The van der Waals surface area contributed by atoms with Gasteiger partial charge >= 0.3 is 0 Å². The number of carbonyl (C=O) groups is 1. The van der Waals surface area contributed by atoms with Gasteiger partial charge in [0.15, 0.2) is 0 Å². The number of benzene rings is 1. The fourth-order valence-electron chi connectivity index (χ4n) is 3.60. The van der Waals surface area contributed by atoms with Crippen LogP contribution in [-0.4, -0.2) is 16.0 Å². The summed E-state index contributed by atoms with van der Waals surface area (Å²) < 4.78 is 5.61. The molecule has 1 saturated carbocycles. The zero-order chi connectivity index (χ0) is 18.7. The summed E-state index contributed by atoms with van der Waals surface area (Å²) in [5.74, 6) is 0.979. The maximum absolute atomic E-state index is 12.8. The molecule has 0 unspecified atom stereocenters. The Morgan fingerprint density at radius 3 is 2.78 bits per heavy atom. The van der Waals surface area contributed by atoms with Crippen LogP contribution < -0.4 is 5.32 Å². The van der Waals surface area contributed by atoms with E-state index in [4.69, 9.17) is 16.1 Å². The highest BCUT2D eigenvalue weighted by Gasteiger charge is 2.40. The molecule has 0 bridgehead atoms. The van der Waals surface area contributed by atoms with Crippen molar-refractivity contribution in [1.82, 2.24) is 15.5 Å². The van der Waals surface area contributed by atoms with E-state index in [9.17, 15) is 4.79 Å². The molecule has 5 nitrogen and oxygen atoms in total. The molecule has 4 rings (SSSR count). The maximum Gasteiger partial charge on any atom is 0.252 e. The minimum Gasteiger partial charge on any atom is -0.341 e. The molecule has 1 amide bonds. The van der Waals surface area contributed by atoms with Gasteiger partial charge in [-0.1, -0.05) is 54.2 Å². The van der Waals surface area contributed by atoms with Crippen LogP contribution in [0, 0.1) is 0 Å². The van der Waals surface area contributed by atoms with Gasteiger partial charge in [-0.05, 0) is 35.9 Å². The standard InChI is InChI=1S/C20H20ClN3O2S/c21-16-7-3-2-6-14(16)12-17(25)23-20(9-4-1-5-10-20)19-22-18(24-26-19)15-8-11-27-13-15/h2-3,6-8,11,13H,1,4-5,9-10,12H2,(H,23,25). The predicted molar refractivity (Wildman–Crippen MR) is 106 cm³/mol. The molecule has 1 aliphatic carbocycles. The summed E-state index contributed by atoms with van der Waals surface area (Å²) in [6, 6.07) is 9.37. The highest BCUT2D eigenvalue weighted by molar-refractivity contribution is 7.08. The van der Waals surface area contributed by atoms with Crippen LogP contribution in [0.1, 0.15) is 43.6 Å². The fourth-order valence-corrected chi connectivity index (χ4v) is 4.44. The SMILES string of the molecule is O=C(Cc1ccccc1Cl)NC1(c2nc(-c3ccsc3)no2)CCCCC1. The van der Waals surface area contributed by atoms with E-state index in [0.29, 0.717) is 16.7 Å². The van der Waals surface area contributed by atoms with Gasteiger partial charge in [0, 0.05) is 16.0 Å². The largest absolute Gasteiger partial charge is 0.341 e. The first-order chi connectivity index (χ1) is 13.2. The molecule has 27 heavy (non-hydrogen) atoms. The van der Waals surface area contributed by atoms with Crippen molar-refractivity contribution in [2.75, 3.05) is 0 Å². The minimum atomic E-state index is -0.599. The summed E-state index contributed by atoms with van der Waals surface area (Å²) in [5.41, 5.74) is 1.15. The number of hydrogen-bond acceptors (Lipinski definition) is 5. The van der Waals surface area contributed by atoms with E-state index in [1.54, 1.807) is 17.4 Å². The fraction of sp³-hybridized carbons (Fsp3) is 0.350. The summed E-state index contributed by atoms with van der Waals surface area (Å²) in [7, 11) is 0. The lowest BCUT2D eigenvalue weighted by atomic mass is 9.81. The van der Waals surface area contributed by atoms with E-state index < -0.39 is 5.54 Å². The molecule has 1 N–H and O–H groups in total. The molecule has 0 spiro atoms. The van der Waals surface area contributed by atoms with Gasteiger partial charge in [0.25, 0.3) is 5.89 Å². The molecule has 3 aromatic rings. The van der Waals surface area contributed by atoms with Gasteiger partial charge < -0.3 is 9.84 Å². The third-order valence-corrected chi connectivity index (χ3v) is 6.06. The number of amides is 1. The van der Waals surface area contributed by atoms with Gasteiger partial charge in [-0.3, -0.25) is 4.79 Å². The third kappa shape index (κ3) is 3.92. The summed E-state index contributed by atoms with van der Waals surface area (Å²) in [5, 5.41) is 11.9. The van der Waals surface area contributed by atoms with E-state index in [2.05, 4.69) is 15.5 Å². The Morgan fingerprint density at radius 1 is 1.22 bits per heavy atom. The monoisotopic (exact) mass is 401 g/mol. The number of hydrogen-bond donors (Lipinski definition) is 1. The van der Waals surface area contributed by atoms with Crippen molar-refractivity contribution < 1.29 is 9.32 Å². The highest BCUT2D eigenvalue weighted by atomic mass is 35.5. The number of aromatic nitrogens is 2. The molecular formula is C20H20ClN3O2S. The van der Waals surface area contributed by atoms with Crippen LogP contribution in [0.3, 0.4) is 0 Å². The summed E-state index contributed by atoms with van der Waals surface area (Å²) in [6.45, 7) is 0. The van der Waals surface area contributed by atoms with E-state index in [-0.39, 0.29) is 12.3 Å². The molecule has 0 saturated heterocycles. The first kappa shape index (κ1) is 18.2. The molecule has 1 aliphatic rings. The van der Waals surface area contributed by atoms with E-state index in [1.807, 2.05) is 35.0 Å². The van der Waals surface area contributed by atoms with E-state index >= 15 is 0 Å². The van der Waals surface area contributed by atoms with Crippen molar-refractivity contribution in [3.8, 4) is 11.4 Å². The molecule has 7 heteroatoms. The van der Waals surface area contributed by atoms with Gasteiger partial charge in [-0.2, -0.15) is 16.3 Å². The predicted octanol–water partition coefficient (Wildman–Crippen LogP) is 4.97. The van der Waals surface area contributed by atoms with Crippen molar-refractivity contribution in [2.24, 2.45) is 0 Å². The van der Waals surface area contributed by atoms with Crippen LogP contribution in [0.2, 0.25) is 5.02 Å². The summed E-state index contributed by atoms with van der Waals surface area (Å²) in [6.07, 6.45) is 5.00. The van der Waals surface area contributed by atoms with Crippen molar-refractivity contribution in [3.63, 3.8) is 0 Å². The lowest BCUT2D eigenvalue weighted by molar-refractivity contribution is -0.123. The Kier molecular flexibility index (Phi) is 5.27. The Labute approximate surface area is 166 Å². The lowest BCUT2D eigenvalue weighted by Crippen LogP contribution is -2.48. The van der Waals surface area contributed by atoms with Crippen LogP contribution in [0.5, 0.6) is 0 Å². The van der Waals surface area contributed by atoms with Crippen LogP contribution in [0.4, 0.5) is 0 Å². The number of thiophene rings is 1. The molecule has 0 aliphatic heterocycles. The van der Waals surface area contributed by atoms with Crippen molar-refractivity contribution >= 4 is 28.8 Å². The molecule has 2 heterocycles. The van der Waals surface area contributed by atoms with Gasteiger partial charge in [0.05, 0.1) is 6.42 Å². The smallest absolute Gasteiger partial charge is 0.252 e. The van der Waals surface area contributed by atoms with E-state index in [1.165, 1.54) is 0 Å². The summed E-state index contributed by atoms with van der Waals surface area (Å²) >= 11 is 7.79. The second-order valence-corrected chi connectivity index (χ2v) is 8.08. The molecular weight excluding hydrogens is 382 g/mol. The Morgan fingerprint density at radius 2 is 2.04 bits per heavy atom. The Bertz CT molecular complexity index is 917. The number of halogens is 1. The normalized spacial score (nSPS) is 16.2. The first-order valence-corrected chi connectivity index (χ1v) is 10.4. The number of rotatable bonds is 5. The average molecular weight is 402 g/mol. The number of carbonyl (C=O) groups excluding carboxylic acids is 1. The molecule has 1 fully saturated rings. The number of nitrogens with zero attached hydrogens (tertiary/aromatic N) is 2. The van der Waals surface area contributed by atoms with Crippen LogP contribution in [0.25, 0.3) is 11.4 Å². The quantitative estimate of drug-likeness (QED) is 0.655. The zero-order valence-corrected chi connectivity index (χ0v) is 16.4. The average Bonchev–Trinajstić information content (AvgIpc) is 3.36. The second-order valence-electron chi connectivity index (χ2n) is 6.89. The molecule has 2 aromatic heterocycles. The van der Waals surface area contributed by atoms with Crippen molar-refractivity contribution in [3.05, 3.63) is 57.6 Å². The zero-order valence-electron chi connectivity index (χ0n) is 14.8. The Balaban J connectivity index is 1.57. The van der Waals surface area contributed by atoms with Crippen molar-refractivity contribution in [1.29, 1.82) is 0 Å². The van der Waals surface area contributed by atoms with Gasteiger partial charge in [-0.25, -0.2) is 0 Å². The van der Waals surface area contributed by atoms with Crippen LogP contribution in [0.15, 0.2) is 45.6 Å². The first-order valence-electron chi connectivity index (χ1n) is 9.07. The molecule has 140 valence electrons. The number of nitrogens with one attached hydrogen (secondary N) is 1. The van der Waals surface area contributed by atoms with Crippen LogP contribution >= 0.6 is 22.9 Å². The molecule has 1 aromatic carbocycles. The highest BCUT2D eigenvalue weighted by Crippen LogP contribution is 2.37. The van der Waals surface area contributed by atoms with E-state index in [0.717, 1.165) is 43.2 Å². The molecule has 0 atom stereocenters. The minimum absolute atomic E-state index is 0.0831. The maximum atomic E-state index is 12.8. The third-order valence-electron chi connectivity index (χ3n) is 5.01. The van der Waals surface area contributed by atoms with Gasteiger partial charge in [-0.15, -0.1) is 0 Å². The van der Waals surface area contributed by atoms with Gasteiger partial charge in [0.1, 0.15) is 5.54 Å². The van der Waals surface area contributed by atoms with Crippen molar-refractivity contribution in [2.45, 2.75) is 44.1 Å². The van der Waals surface area contributed by atoms with Gasteiger partial charge in [0.2, 0.25) is 11.7 Å². The lowest BCUT2D eigenvalue weighted by Gasteiger charge is -2.34. The second kappa shape index (κ2) is 7.82. The summed E-state index contributed by atoms with van der Waals surface area (Å²) in [4.78, 5) is 17.4. The molecule has 0 radical (unpaired) electrons. The Hall–Kier alpha value is -2.18.